The number of nitrogens with zero attached hydrogens (tertiary/aromatic N) is 1. The van der Waals surface area contributed by atoms with Crippen LogP contribution in [-0.4, -0.2) is 22.5 Å². The van der Waals surface area contributed by atoms with Gasteiger partial charge in [-0.05, 0) is 32.3 Å². The molecule has 0 atom stereocenters. The molecule has 4 N–H and O–H groups in total. The van der Waals surface area contributed by atoms with E-state index in [4.69, 9.17) is 11.1 Å². The Kier molecular flexibility index (Phi) is 5.31. The predicted molar refractivity (Wildman–Crippen MR) is 85.9 cm³/mol. The van der Waals surface area contributed by atoms with Gasteiger partial charge in [0.2, 0.25) is 0 Å². The van der Waals surface area contributed by atoms with E-state index in [-0.39, 0.29) is 5.78 Å². The van der Waals surface area contributed by atoms with Gasteiger partial charge in [0.05, 0.1) is 5.56 Å². The van der Waals surface area contributed by atoms with Gasteiger partial charge in [-0.15, -0.1) is 0 Å². The van der Waals surface area contributed by atoms with E-state index >= 15 is 0 Å². The quantitative estimate of drug-likeness (QED) is 0.701. The Morgan fingerprint density at radius 1 is 1.38 bits per heavy atom. The van der Waals surface area contributed by atoms with Crippen LogP contribution in [0.25, 0.3) is 0 Å². The van der Waals surface area contributed by atoms with Crippen LogP contribution in [-0.2, 0) is 4.79 Å². The van der Waals surface area contributed by atoms with Crippen LogP contribution < -0.4 is 11.1 Å². The maximum atomic E-state index is 11.1. The van der Waals surface area contributed by atoms with E-state index < -0.39 is 0 Å². The summed E-state index contributed by atoms with van der Waals surface area (Å²) in [7, 11) is 0. The van der Waals surface area contributed by atoms with E-state index in [2.05, 4.69) is 10.3 Å². The Hall–Kier alpha value is -1.91. The number of carbonyl (C=O) groups excluding carboxylic acids is 1. The fourth-order valence-electron chi connectivity index (χ4n) is 2.77. The Morgan fingerprint density at radius 3 is 2.76 bits per heavy atom. The van der Waals surface area contributed by atoms with Gasteiger partial charge in [-0.2, -0.15) is 0 Å². The second-order valence-electron chi connectivity index (χ2n) is 5.78. The van der Waals surface area contributed by atoms with Crippen LogP contribution in [0.3, 0.4) is 0 Å². The van der Waals surface area contributed by atoms with E-state index in [1.54, 1.807) is 19.2 Å². The normalized spacial score (nSPS) is 15.7. The van der Waals surface area contributed by atoms with Gasteiger partial charge in [-0.25, -0.2) is 4.98 Å². The first-order valence-corrected chi connectivity index (χ1v) is 7.66. The number of ketones is 1. The summed E-state index contributed by atoms with van der Waals surface area (Å²) in [6.45, 7) is 1.54. The van der Waals surface area contributed by atoms with E-state index in [0.29, 0.717) is 41.7 Å². The number of aromatic nitrogens is 1. The van der Waals surface area contributed by atoms with Gasteiger partial charge >= 0.3 is 0 Å². The van der Waals surface area contributed by atoms with E-state index in [0.717, 1.165) is 12.8 Å². The SMILES string of the molecule is CC(=O)CCC(=N)c1c(N)ccnc1NC1CCCCC1. The maximum Gasteiger partial charge on any atom is 0.137 e. The van der Waals surface area contributed by atoms with E-state index in [1.165, 1.54) is 19.3 Å². The lowest BCUT2D eigenvalue weighted by Gasteiger charge is -2.25. The average Bonchev–Trinajstić information content (AvgIpc) is 2.46. The van der Waals surface area contributed by atoms with Crippen LogP contribution in [0.5, 0.6) is 0 Å². The van der Waals surface area contributed by atoms with Gasteiger partial charge in [0.15, 0.2) is 0 Å². The monoisotopic (exact) mass is 288 g/mol. The molecule has 0 aliphatic heterocycles. The Balaban J connectivity index is 2.14. The van der Waals surface area contributed by atoms with Crippen molar-refractivity contribution in [1.29, 1.82) is 5.41 Å². The second kappa shape index (κ2) is 7.20. The lowest BCUT2D eigenvalue weighted by atomic mass is 9.95. The minimum absolute atomic E-state index is 0.0870. The highest BCUT2D eigenvalue weighted by Crippen LogP contribution is 2.26. The smallest absolute Gasteiger partial charge is 0.137 e. The Morgan fingerprint density at radius 2 is 2.10 bits per heavy atom. The molecule has 5 nitrogen and oxygen atoms in total. The Bertz CT molecular complexity index is 521. The molecule has 1 aliphatic rings. The number of hydrogen-bond donors (Lipinski definition) is 3. The van der Waals surface area contributed by atoms with Crippen molar-refractivity contribution in [1.82, 2.24) is 4.98 Å². The molecule has 2 rings (SSSR count). The maximum absolute atomic E-state index is 11.1. The third kappa shape index (κ3) is 4.28. The lowest BCUT2D eigenvalue weighted by Crippen LogP contribution is -2.24. The number of nitrogen functional groups attached to an aromatic ring is 1. The average molecular weight is 288 g/mol. The highest BCUT2D eigenvalue weighted by molar-refractivity contribution is 6.07. The topological polar surface area (TPSA) is 91.9 Å². The molecule has 0 spiro atoms. The molecule has 1 aromatic heterocycles. The third-order valence-corrected chi connectivity index (χ3v) is 3.96. The van der Waals surface area contributed by atoms with Crippen LogP contribution >= 0.6 is 0 Å². The minimum Gasteiger partial charge on any atom is -0.398 e. The number of pyridine rings is 1. The molecular formula is C16H24N4O. The molecule has 1 heterocycles. The van der Waals surface area contributed by atoms with Crippen molar-refractivity contribution in [2.24, 2.45) is 0 Å². The number of nitrogens with two attached hydrogens (primary N) is 1. The van der Waals surface area contributed by atoms with Gasteiger partial charge in [0, 0.05) is 30.1 Å². The summed E-state index contributed by atoms with van der Waals surface area (Å²) in [5.74, 6) is 0.777. The van der Waals surface area contributed by atoms with Crippen molar-refractivity contribution in [3.8, 4) is 0 Å². The van der Waals surface area contributed by atoms with Crippen LogP contribution in [0.1, 0.15) is 57.4 Å². The van der Waals surface area contributed by atoms with Crippen molar-refractivity contribution >= 4 is 23.0 Å². The van der Waals surface area contributed by atoms with E-state index in [1.807, 2.05) is 0 Å². The first-order chi connectivity index (χ1) is 10.1. The highest BCUT2D eigenvalue weighted by Gasteiger charge is 2.18. The summed E-state index contributed by atoms with van der Waals surface area (Å²) in [5, 5.41) is 11.7. The van der Waals surface area contributed by atoms with Crippen molar-refractivity contribution < 1.29 is 4.79 Å². The van der Waals surface area contributed by atoms with Crippen LogP contribution in [0.15, 0.2) is 12.3 Å². The second-order valence-corrected chi connectivity index (χ2v) is 5.78. The fourth-order valence-corrected chi connectivity index (χ4v) is 2.77. The van der Waals surface area contributed by atoms with Gasteiger partial charge < -0.3 is 21.3 Å². The molecule has 21 heavy (non-hydrogen) atoms. The highest BCUT2D eigenvalue weighted by atomic mass is 16.1. The van der Waals surface area contributed by atoms with E-state index in [9.17, 15) is 4.79 Å². The largest absolute Gasteiger partial charge is 0.398 e. The van der Waals surface area contributed by atoms with Gasteiger partial charge in [0.25, 0.3) is 0 Å². The summed E-state index contributed by atoms with van der Waals surface area (Å²) >= 11 is 0. The summed E-state index contributed by atoms with van der Waals surface area (Å²) in [5.41, 5.74) is 7.62. The van der Waals surface area contributed by atoms with Crippen molar-refractivity contribution in [2.45, 2.75) is 57.9 Å². The zero-order valence-electron chi connectivity index (χ0n) is 12.6. The number of anilines is 2. The van der Waals surface area contributed by atoms with Crippen molar-refractivity contribution in [2.75, 3.05) is 11.1 Å². The standard InChI is InChI=1S/C16H24N4O/c1-11(21)7-8-13(17)15-14(18)9-10-19-16(15)20-12-5-3-2-4-6-12/h9-10,12,17H,2-8H2,1H3,(H3,18,19,20). The van der Waals surface area contributed by atoms with Crippen LogP contribution in [0, 0.1) is 5.41 Å². The van der Waals surface area contributed by atoms with Gasteiger partial charge in [-0.1, -0.05) is 19.3 Å². The molecule has 5 heteroatoms. The molecule has 0 bridgehead atoms. The number of hydrogen-bond acceptors (Lipinski definition) is 5. The summed E-state index contributed by atoms with van der Waals surface area (Å²) in [6.07, 6.45) is 8.48. The zero-order chi connectivity index (χ0) is 15.2. The molecular weight excluding hydrogens is 264 g/mol. The van der Waals surface area contributed by atoms with Crippen molar-refractivity contribution in [3.63, 3.8) is 0 Å². The number of carbonyl (C=O) groups is 1. The predicted octanol–water partition coefficient (Wildman–Crippen LogP) is 3.15. The Labute approximate surface area is 125 Å². The first-order valence-electron chi connectivity index (χ1n) is 7.66. The number of rotatable bonds is 6. The van der Waals surface area contributed by atoms with Gasteiger partial charge in [-0.3, -0.25) is 0 Å². The molecule has 0 amide bonds. The van der Waals surface area contributed by atoms with Gasteiger partial charge in [0.1, 0.15) is 11.6 Å². The molecule has 0 unspecified atom stereocenters. The molecule has 1 aliphatic carbocycles. The molecule has 0 radical (unpaired) electrons. The van der Waals surface area contributed by atoms with Crippen LogP contribution in [0.2, 0.25) is 0 Å². The summed E-state index contributed by atoms with van der Waals surface area (Å²) in [6, 6.07) is 2.12. The molecule has 0 saturated heterocycles. The van der Waals surface area contributed by atoms with Crippen molar-refractivity contribution in [3.05, 3.63) is 17.8 Å². The molecule has 1 saturated carbocycles. The lowest BCUT2D eigenvalue weighted by molar-refractivity contribution is -0.116. The number of nitrogens with one attached hydrogen (secondary N) is 2. The summed E-state index contributed by atoms with van der Waals surface area (Å²) < 4.78 is 0. The molecule has 1 aromatic rings. The molecule has 1 fully saturated rings. The first kappa shape index (κ1) is 15.5. The summed E-state index contributed by atoms with van der Waals surface area (Å²) in [4.78, 5) is 15.5. The third-order valence-electron chi connectivity index (χ3n) is 3.96. The minimum atomic E-state index is 0.0870. The fraction of sp³-hybridized carbons (Fsp3) is 0.562. The number of Topliss-reactive ketones (excluding diaryl/α,β-unsaturated/α-hetero) is 1. The van der Waals surface area contributed by atoms with Crippen LogP contribution in [0.4, 0.5) is 11.5 Å². The molecule has 114 valence electrons. The molecule has 0 aromatic carbocycles. The zero-order valence-corrected chi connectivity index (χ0v) is 12.6.